The molecule has 0 saturated heterocycles. The van der Waals surface area contributed by atoms with Crippen LogP contribution in [0.5, 0.6) is 0 Å². The van der Waals surface area contributed by atoms with Gasteiger partial charge in [0.1, 0.15) is 0 Å². The highest BCUT2D eigenvalue weighted by Gasteiger charge is 2.27. The normalized spacial score (nSPS) is 12.4. The van der Waals surface area contributed by atoms with Crippen LogP contribution in [0.4, 0.5) is 0 Å². The zero-order valence-corrected chi connectivity index (χ0v) is 13.8. The molecule has 0 fully saturated rings. The van der Waals surface area contributed by atoms with Crippen molar-refractivity contribution in [2.75, 3.05) is 0 Å². The van der Waals surface area contributed by atoms with E-state index in [-0.39, 0.29) is 16.5 Å². The predicted octanol–water partition coefficient (Wildman–Crippen LogP) is 3.68. The molecule has 0 aliphatic rings. The van der Waals surface area contributed by atoms with Gasteiger partial charge in [-0.1, -0.05) is 52.0 Å². The molecule has 0 atom stereocenters. The van der Waals surface area contributed by atoms with E-state index in [2.05, 4.69) is 57.1 Å². The quantitative estimate of drug-likeness (QED) is 0.935. The maximum atomic E-state index is 10.8. The Morgan fingerprint density at radius 3 is 2.18 bits per heavy atom. The fourth-order valence-electron chi connectivity index (χ4n) is 2.98. The van der Waals surface area contributed by atoms with Gasteiger partial charge in [0.05, 0.1) is 11.9 Å². The number of carboxylic acids is 1. The van der Waals surface area contributed by atoms with Crippen LogP contribution in [-0.4, -0.2) is 26.1 Å². The molecule has 0 saturated carbocycles. The smallest absolute Gasteiger partial charge is 0.358 e. The second-order valence-corrected chi connectivity index (χ2v) is 7.52. The van der Waals surface area contributed by atoms with Gasteiger partial charge in [0.2, 0.25) is 0 Å². The third kappa shape index (κ3) is 3.72. The second kappa shape index (κ2) is 5.55. The molecule has 1 N–H and O–H groups in total. The van der Waals surface area contributed by atoms with Gasteiger partial charge in [-0.05, 0) is 34.9 Å². The minimum Gasteiger partial charge on any atom is -0.476 e. The third-order valence-corrected chi connectivity index (χ3v) is 3.60. The topological polar surface area (TPSA) is 68.0 Å². The molecule has 2 aromatic rings. The van der Waals surface area contributed by atoms with E-state index in [1.165, 1.54) is 16.4 Å². The molecule has 0 radical (unpaired) electrons. The van der Waals surface area contributed by atoms with Crippen molar-refractivity contribution in [3.63, 3.8) is 0 Å². The number of hydrogen-bond donors (Lipinski definition) is 1. The van der Waals surface area contributed by atoms with Crippen molar-refractivity contribution < 1.29 is 9.90 Å². The van der Waals surface area contributed by atoms with Crippen LogP contribution < -0.4 is 0 Å². The zero-order valence-electron chi connectivity index (χ0n) is 13.8. The number of nitrogens with zero attached hydrogens (tertiary/aromatic N) is 3. The summed E-state index contributed by atoms with van der Waals surface area (Å²) < 4.78 is 1.48. The summed E-state index contributed by atoms with van der Waals surface area (Å²) in [6, 6.07) is 8.03. The first-order valence-corrected chi connectivity index (χ1v) is 7.35. The number of hydrogen-bond acceptors (Lipinski definition) is 3. The lowest BCUT2D eigenvalue weighted by Crippen LogP contribution is -2.24. The first-order chi connectivity index (χ1) is 10.1. The lowest BCUT2D eigenvalue weighted by molar-refractivity contribution is 0.0690. The van der Waals surface area contributed by atoms with Crippen molar-refractivity contribution in [3.05, 3.63) is 41.7 Å². The Labute approximate surface area is 131 Å². The number of carboxylic acid groups (broad SMARTS) is 1. The van der Waals surface area contributed by atoms with Gasteiger partial charge in [0.15, 0.2) is 5.69 Å². The molecule has 0 amide bonds. The first-order valence-electron chi connectivity index (χ1n) is 7.35. The van der Waals surface area contributed by atoms with Crippen LogP contribution in [0, 0.1) is 5.41 Å². The molecule has 118 valence electrons. The monoisotopic (exact) mass is 301 g/mol. The van der Waals surface area contributed by atoms with E-state index in [4.69, 9.17) is 5.11 Å². The highest BCUT2D eigenvalue weighted by molar-refractivity contribution is 5.84. The third-order valence-electron chi connectivity index (χ3n) is 3.60. The first kappa shape index (κ1) is 16.2. The van der Waals surface area contributed by atoms with Crippen LogP contribution >= 0.6 is 0 Å². The van der Waals surface area contributed by atoms with Crippen molar-refractivity contribution in [1.29, 1.82) is 0 Å². The molecule has 22 heavy (non-hydrogen) atoms. The molecule has 0 spiro atoms. The Hall–Kier alpha value is -2.17. The maximum absolute atomic E-state index is 10.8. The molecular weight excluding hydrogens is 278 g/mol. The summed E-state index contributed by atoms with van der Waals surface area (Å²) in [6.07, 6.45) is 2.49. The van der Waals surface area contributed by atoms with E-state index in [1.54, 1.807) is 0 Å². The van der Waals surface area contributed by atoms with Crippen molar-refractivity contribution >= 4 is 5.97 Å². The molecule has 0 aliphatic heterocycles. The van der Waals surface area contributed by atoms with Crippen molar-refractivity contribution in [2.45, 2.75) is 46.5 Å². The Morgan fingerprint density at radius 1 is 1.14 bits per heavy atom. The second-order valence-electron chi connectivity index (χ2n) is 7.52. The van der Waals surface area contributed by atoms with Gasteiger partial charge in [-0.15, -0.1) is 5.10 Å². The summed E-state index contributed by atoms with van der Waals surface area (Å²) in [5.41, 5.74) is 2.33. The van der Waals surface area contributed by atoms with Gasteiger partial charge in [-0.2, -0.15) is 0 Å². The lowest BCUT2D eigenvalue weighted by Gasteiger charge is -2.33. The van der Waals surface area contributed by atoms with Crippen LogP contribution in [0.1, 0.15) is 57.1 Å². The Balaban J connectivity index is 2.24. The molecule has 1 heterocycles. The SMILES string of the molecule is CC(C)(C)CC(C)(C)c1ccc(-n2cc(C(=O)O)nn2)cc1. The van der Waals surface area contributed by atoms with Gasteiger partial charge in [-0.3, -0.25) is 0 Å². The standard InChI is InChI=1S/C17H23N3O2/c1-16(2,3)11-17(4,5)12-6-8-13(9-7-12)20-10-14(15(21)22)18-19-20/h6-10H,11H2,1-5H3,(H,21,22). The van der Waals surface area contributed by atoms with Gasteiger partial charge in [0.25, 0.3) is 0 Å². The van der Waals surface area contributed by atoms with Crippen molar-refractivity contribution in [2.24, 2.45) is 5.41 Å². The fourth-order valence-corrected chi connectivity index (χ4v) is 2.98. The summed E-state index contributed by atoms with van der Waals surface area (Å²) in [4.78, 5) is 10.8. The highest BCUT2D eigenvalue weighted by atomic mass is 16.4. The van der Waals surface area contributed by atoms with Crippen LogP contribution in [0.2, 0.25) is 0 Å². The Morgan fingerprint density at radius 2 is 1.73 bits per heavy atom. The molecule has 5 heteroatoms. The number of benzene rings is 1. The van der Waals surface area contributed by atoms with E-state index in [1.807, 2.05) is 12.1 Å². The Bertz CT molecular complexity index is 664. The van der Waals surface area contributed by atoms with Gasteiger partial charge >= 0.3 is 5.97 Å². The van der Waals surface area contributed by atoms with Crippen LogP contribution in [0.3, 0.4) is 0 Å². The number of aromatic carboxylic acids is 1. The molecule has 0 unspecified atom stereocenters. The summed E-state index contributed by atoms with van der Waals surface area (Å²) in [7, 11) is 0. The highest BCUT2D eigenvalue weighted by Crippen LogP contribution is 2.36. The van der Waals surface area contributed by atoms with E-state index in [0.29, 0.717) is 0 Å². The minimum absolute atomic E-state index is 0.0582. The average molecular weight is 301 g/mol. The van der Waals surface area contributed by atoms with Crippen LogP contribution in [0.25, 0.3) is 5.69 Å². The predicted molar refractivity (Wildman–Crippen MR) is 85.4 cm³/mol. The average Bonchev–Trinajstić information content (AvgIpc) is 2.85. The fraction of sp³-hybridized carbons (Fsp3) is 0.471. The van der Waals surface area contributed by atoms with E-state index < -0.39 is 5.97 Å². The molecule has 2 rings (SSSR count). The van der Waals surface area contributed by atoms with Gasteiger partial charge in [0, 0.05) is 0 Å². The lowest BCUT2D eigenvalue weighted by atomic mass is 9.72. The minimum atomic E-state index is -1.07. The van der Waals surface area contributed by atoms with Gasteiger partial charge in [-0.25, -0.2) is 9.48 Å². The molecule has 5 nitrogen and oxygen atoms in total. The molecule has 1 aromatic heterocycles. The zero-order chi connectivity index (χ0) is 16.5. The Kier molecular flexibility index (Phi) is 4.09. The summed E-state index contributed by atoms with van der Waals surface area (Å²) >= 11 is 0. The molecule has 0 aliphatic carbocycles. The van der Waals surface area contributed by atoms with Gasteiger partial charge < -0.3 is 5.11 Å². The largest absolute Gasteiger partial charge is 0.476 e. The van der Waals surface area contributed by atoms with E-state index in [9.17, 15) is 4.79 Å². The van der Waals surface area contributed by atoms with Crippen LogP contribution in [-0.2, 0) is 5.41 Å². The van der Waals surface area contributed by atoms with E-state index >= 15 is 0 Å². The maximum Gasteiger partial charge on any atom is 0.358 e. The summed E-state index contributed by atoms with van der Waals surface area (Å²) in [5.74, 6) is -1.07. The number of rotatable bonds is 4. The summed E-state index contributed by atoms with van der Waals surface area (Å²) in [5, 5.41) is 16.4. The molecule has 1 aromatic carbocycles. The summed E-state index contributed by atoms with van der Waals surface area (Å²) in [6.45, 7) is 11.2. The number of carbonyl (C=O) groups is 1. The van der Waals surface area contributed by atoms with Crippen molar-refractivity contribution in [3.8, 4) is 5.69 Å². The molecule has 0 bridgehead atoms. The van der Waals surface area contributed by atoms with E-state index in [0.717, 1.165) is 12.1 Å². The number of aromatic nitrogens is 3. The molecular formula is C17H23N3O2. The van der Waals surface area contributed by atoms with Crippen molar-refractivity contribution in [1.82, 2.24) is 15.0 Å². The van der Waals surface area contributed by atoms with Crippen LogP contribution in [0.15, 0.2) is 30.5 Å².